The van der Waals surface area contributed by atoms with Crippen LogP contribution in [-0.4, -0.2) is 76.8 Å². The molecule has 2 aromatic rings. The van der Waals surface area contributed by atoms with Gasteiger partial charge in [0.25, 0.3) is 0 Å². The first-order valence-electron chi connectivity index (χ1n) is 10.2. The van der Waals surface area contributed by atoms with Crippen molar-refractivity contribution in [2.75, 3.05) is 35.4 Å². The predicted octanol–water partition coefficient (Wildman–Crippen LogP) is 1.96. The minimum absolute atomic E-state index is 0.179. The lowest BCUT2D eigenvalue weighted by Gasteiger charge is -2.20. The van der Waals surface area contributed by atoms with Gasteiger partial charge in [-0.25, -0.2) is 17.8 Å². The molecule has 0 aliphatic carbocycles. The highest BCUT2D eigenvalue weighted by atomic mass is 35.5. The quantitative estimate of drug-likeness (QED) is 0.574. The van der Waals surface area contributed by atoms with Crippen molar-refractivity contribution < 1.29 is 22.3 Å². The highest BCUT2D eigenvalue weighted by Crippen LogP contribution is 2.35. The van der Waals surface area contributed by atoms with E-state index in [1.165, 1.54) is 20.0 Å². The molecule has 0 saturated carbocycles. The molecule has 4 atom stereocenters. The second-order valence-electron chi connectivity index (χ2n) is 8.80. The largest absolute Gasteiger partial charge is 0.373 e. The Hall–Kier alpha value is -2.02. The Balaban J connectivity index is 1.41. The van der Waals surface area contributed by atoms with Gasteiger partial charge in [-0.15, -0.1) is 0 Å². The van der Waals surface area contributed by atoms with Crippen molar-refractivity contribution in [1.29, 1.82) is 0 Å². The van der Waals surface area contributed by atoms with Gasteiger partial charge in [0.2, 0.25) is 5.95 Å². The molecule has 0 bridgehead atoms. The number of alkyl halides is 1. The average Bonchev–Trinajstić information content (AvgIpc) is 3.35. The predicted molar refractivity (Wildman–Crippen MR) is 118 cm³/mol. The van der Waals surface area contributed by atoms with Gasteiger partial charge in [0, 0.05) is 19.2 Å². The van der Waals surface area contributed by atoms with Crippen molar-refractivity contribution >= 4 is 38.9 Å². The van der Waals surface area contributed by atoms with Crippen molar-refractivity contribution in [3.05, 3.63) is 23.6 Å². The van der Waals surface area contributed by atoms with E-state index >= 15 is 0 Å². The molecule has 13 heteroatoms. The van der Waals surface area contributed by atoms with E-state index in [-0.39, 0.29) is 30.4 Å². The van der Waals surface area contributed by atoms with E-state index in [0.29, 0.717) is 23.4 Å². The monoisotopic (exact) mass is 488 g/mol. The number of halogens is 2. The highest BCUT2D eigenvalue weighted by Gasteiger charge is 2.49. The summed E-state index contributed by atoms with van der Waals surface area (Å²) in [4.78, 5) is 8.60. The SMILES string of the molecule is Cn1cc(Nc2ncc(Cl)c(NC3COC4C(CS(=O)(=O)CC(C)(C)F)COC34)n2)cn1. The van der Waals surface area contributed by atoms with Crippen LogP contribution >= 0.6 is 11.6 Å². The minimum Gasteiger partial charge on any atom is -0.373 e. The van der Waals surface area contributed by atoms with Gasteiger partial charge in [-0.05, 0) is 13.8 Å². The fraction of sp³-hybridized carbons (Fsp3) is 0.632. The van der Waals surface area contributed by atoms with Crippen LogP contribution in [0, 0.1) is 5.92 Å². The molecule has 0 spiro atoms. The lowest BCUT2D eigenvalue weighted by atomic mass is 10.0. The average molecular weight is 489 g/mol. The van der Waals surface area contributed by atoms with Crippen molar-refractivity contribution in [2.24, 2.45) is 13.0 Å². The van der Waals surface area contributed by atoms with E-state index in [4.69, 9.17) is 21.1 Å². The molecule has 0 radical (unpaired) electrons. The first-order valence-corrected chi connectivity index (χ1v) is 12.4. The lowest BCUT2D eigenvalue weighted by molar-refractivity contribution is 0.0656. The maximum atomic E-state index is 13.9. The minimum atomic E-state index is -3.59. The zero-order valence-corrected chi connectivity index (χ0v) is 19.5. The maximum absolute atomic E-state index is 13.9. The van der Waals surface area contributed by atoms with Crippen LogP contribution in [0.4, 0.5) is 21.8 Å². The topological polar surface area (TPSA) is 120 Å². The number of hydrogen-bond acceptors (Lipinski definition) is 9. The molecule has 2 saturated heterocycles. The number of aromatic nitrogens is 4. The molecular weight excluding hydrogens is 463 g/mol. The van der Waals surface area contributed by atoms with E-state index in [1.54, 1.807) is 24.1 Å². The summed E-state index contributed by atoms with van der Waals surface area (Å²) in [6, 6.07) is -0.274. The van der Waals surface area contributed by atoms with Crippen LogP contribution in [0.1, 0.15) is 13.8 Å². The highest BCUT2D eigenvalue weighted by molar-refractivity contribution is 7.91. The standard InChI is InChI=1S/C19H26ClFN6O4S/c1-19(2,21)10-32(28,29)9-11-7-30-16-14(8-31-15(11)16)25-17-13(20)5-22-18(26-17)24-12-4-23-27(3)6-12/h4-6,11,14-16H,7-10H2,1-3H3,(H2,22,24,25,26). The number of hydrogen-bond donors (Lipinski definition) is 2. The third-order valence-corrected chi connectivity index (χ3v) is 7.55. The van der Waals surface area contributed by atoms with Gasteiger partial charge < -0.3 is 20.1 Å². The molecule has 2 fully saturated rings. The third kappa shape index (κ3) is 5.48. The fourth-order valence-electron chi connectivity index (χ4n) is 4.07. The van der Waals surface area contributed by atoms with Gasteiger partial charge in [0.15, 0.2) is 15.7 Å². The van der Waals surface area contributed by atoms with Gasteiger partial charge in [0.1, 0.15) is 16.8 Å². The Kier molecular flexibility index (Phi) is 6.31. The van der Waals surface area contributed by atoms with Crippen LogP contribution in [0.3, 0.4) is 0 Å². The molecular formula is C19H26ClFN6O4S. The molecule has 0 aromatic carbocycles. The molecule has 4 rings (SSSR count). The summed E-state index contributed by atoms with van der Waals surface area (Å²) >= 11 is 6.27. The zero-order valence-electron chi connectivity index (χ0n) is 18.0. The summed E-state index contributed by atoms with van der Waals surface area (Å²) in [5.41, 5.74) is -1.06. The second kappa shape index (κ2) is 8.73. The van der Waals surface area contributed by atoms with Crippen LogP contribution in [-0.2, 0) is 26.4 Å². The first-order chi connectivity index (χ1) is 15.0. The molecule has 10 nitrogen and oxygen atoms in total. The second-order valence-corrected chi connectivity index (χ2v) is 11.3. The number of nitrogens with zero attached hydrogens (tertiary/aromatic N) is 4. The summed E-state index contributed by atoms with van der Waals surface area (Å²) in [5, 5.41) is 10.7. The number of anilines is 3. The van der Waals surface area contributed by atoms with E-state index < -0.39 is 27.4 Å². The summed E-state index contributed by atoms with van der Waals surface area (Å²) in [6.45, 7) is 3.04. The van der Waals surface area contributed by atoms with E-state index in [2.05, 4.69) is 25.7 Å². The van der Waals surface area contributed by atoms with Crippen LogP contribution < -0.4 is 10.6 Å². The summed E-state index contributed by atoms with van der Waals surface area (Å²) in [7, 11) is -1.79. The molecule has 0 amide bonds. The van der Waals surface area contributed by atoms with Gasteiger partial charge in [-0.1, -0.05) is 11.6 Å². The smallest absolute Gasteiger partial charge is 0.229 e. The molecule has 2 aromatic heterocycles. The molecule has 4 heterocycles. The van der Waals surface area contributed by atoms with Crippen molar-refractivity contribution in [1.82, 2.24) is 19.7 Å². The van der Waals surface area contributed by atoms with Gasteiger partial charge in [-0.3, -0.25) is 4.68 Å². The van der Waals surface area contributed by atoms with Crippen LogP contribution in [0.15, 0.2) is 18.6 Å². The number of sulfone groups is 1. The molecule has 2 aliphatic heterocycles. The van der Waals surface area contributed by atoms with Gasteiger partial charge >= 0.3 is 0 Å². The Morgan fingerprint density at radius 1 is 1.28 bits per heavy atom. The Labute approximate surface area is 190 Å². The normalized spacial score (nSPS) is 25.7. The van der Waals surface area contributed by atoms with Crippen LogP contribution in [0.2, 0.25) is 5.02 Å². The summed E-state index contributed by atoms with van der Waals surface area (Å²) in [6.07, 6.45) is 4.13. The molecule has 32 heavy (non-hydrogen) atoms. The fourth-order valence-corrected chi connectivity index (χ4v) is 6.32. The van der Waals surface area contributed by atoms with E-state index in [1.807, 2.05) is 0 Å². The zero-order chi connectivity index (χ0) is 23.1. The van der Waals surface area contributed by atoms with Gasteiger partial charge in [-0.2, -0.15) is 10.1 Å². The third-order valence-electron chi connectivity index (χ3n) is 5.21. The summed E-state index contributed by atoms with van der Waals surface area (Å²) < 4.78 is 52.0. The van der Waals surface area contributed by atoms with Crippen molar-refractivity contribution in [2.45, 2.75) is 37.8 Å². The maximum Gasteiger partial charge on any atom is 0.229 e. The van der Waals surface area contributed by atoms with Gasteiger partial charge in [0.05, 0.1) is 54.9 Å². The van der Waals surface area contributed by atoms with Crippen molar-refractivity contribution in [3.8, 4) is 0 Å². The Bertz CT molecular complexity index is 1080. The van der Waals surface area contributed by atoms with E-state index in [0.717, 1.165) is 5.69 Å². The molecule has 2 aliphatic rings. The Morgan fingerprint density at radius 3 is 2.72 bits per heavy atom. The van der Waals surface area contributed by atoms with Crippen molar-refractivity contribution in [3.63, 3.8) is 0 Å². The number of aryl methyl sites for hydroxylation is 1. The molecule has 2 N–H and O–H groups in total. The lowest BCUT2D eigenvalue weighted by Crippen LogP contribution is -2.37. The van der Waals surface area contributed by atoms with Crippen LogP contribution in [0.5, 0.6) is 0 Å². The molecule has 176 valence electrons. The Morgan fingerprint density at radius 2 is 2.03 bits per heavy atom. The number of nitrogens with one attached hydrogen (secondary N) is 2. The van der Waals surface area contributed by atoms with E-state index in [9.17, 15) is 12.8 Å². The van der Waals surface area contributed by atoms with Crippen LogP contribution in [0.25, 0.3) is 0 Å². The number of rotatable bonds is 8. The number of fused-ring (bicyclic) bond motifs is 1. The first kappa shape index (κ1) is 23.1. The molecule has 4 unspecified atom stereocenters. The summed E-state index contributed by atoms with van der Waals surface area (Å²) in [5.74, 6) is -0.324. The number of ether oxygens (including phenoxy) is 2.